The normalized spacial score (nSPS) is 13.0. The molecule has 0 fully saturated rings. The number of benzene rings is 1. The molecule has 0 aliphatic carbocycles. The fourth-order valence-corrected chi connectivity index (χ4v) is 1.31. The van der Waals surface area contributed by atoms with Crippen LogP contribution >= 0.6 is 0 Å². The second-order valence-corrected chi connectivity index (χ2v) is 3.91. The van der Waals surface area contributed by atoms with E-state index in [9.17, 15) is 17.6 Å². The largest absolute Gasteiger partial charge is 0.416 e. The molecule has 0 saturated heterocycles. The predicted molar refractivity (Wildman–Crippen MR) is 48.6 cm³/mol. The maximum Gasteiger partial charge on any atom is 0.416 e. The smallest absolute Gasteiger partial charge is 0.322 e. The Bertz CT molecular complexity index is 363. The van der Waals surface area contributed by atoms with Crippen LogP contribution in [0.1, 0.15) is 25.0 Å². The number of hydrogen-bond acceptors (Lipinski definition) is 1. The Morgan fingerprint density at radius 2 is 1.60 bits per heavy atom. The maximum absolute atomic E-state index is 12.7. The van der Waals surface area contributed by atoms with Crippen molar-refractivity contribution in [2.45, 2.75) is 25.6 Å². The second-order valence-electron chi connectivity index (χ2n) is 3.91. The average Bonchev–Trinajstić information content (AvgIpc) is 2.00. The molecule has 0 spiro atoms. The Morgan fingerprint density at radius 3 is 2.00 bits per heavy atom. The van der Waals surface area contributed by atoms with Gasteiger partial charge in [-0.25, -0.2) is 4.39 Å². The lowest BCUT2D eigenvalue weighted by Crippen LogP contribution is -2.31. The first-order chi connectivity index (χ1) is 6.62. The summed E-state index contributed by atoms with van der Waals surface area (Å²) in [5, 5.41) is 0. The van der Waals surface area contributed by atoms with Gasteiger partial charge in [0.25, 0.3) is 0 Å². The van der Waals surface area contributed by atoms with Crippen LogP contribution in [0.25, 0.3) is 0 Å². The van der Waals surface area contributed by atoms with Gasteiger partial charge in [0.15, 0.2) is 0 Å². The zero-order chi connectivity index (χ0) is 11.9. The molecule has 0 saturated carbocycles. The van der Waals surface area contributed by atoms with E-state index in [-0.39, 0.29) is 5.56 Å². The average molecular weight is 221 g/mol. The molecule has 0 bridgehead atoms. The van der Waals surface area contributed by atoms with Crippen LogP contribution in [0.15, 0.2) is 18.2 Å². The first kappa shape index (κ1) is 12.0. The molecular weight excluding hydrogens is 210 g/mol. The molecule has 84 valence electrons. The highest BCUT2D eigenvalue weighted by Gasteiger charge is 2.36. The molecule has 0 unspecified atom stereocenters. The van der Waals surface area contributed by atoms with E-state index in [2.05, 4.69) is 0 Å². The van der Waals surface area contributed by atoms with Crippen LogP contribution < -0.4 is 5.73 Å². The van der Waals surface area contributed by atoms with Gasteiger partial charge >= 0.3 is 6.18 Å². The Morgan fingerprint density at radius 1 is 1.07 bits per heavy atom. The van der Waals surface area contributed by atoms with Crippen LogP contribution in [0.3, 0.4) is 0 Å². The zero-order valence-corrected chi connectivity index (χ0v) is 8.32. The third-order valence-corrected chi connectivity index (χ3v) is 1.98. The van der Waals surface area contributed by atoms with Crippen LogP contribution in [0.2, 0.25) is 0 Å². The Balaban J connectivity index is 3.41. The van der Waals surface area contributed by atoms with Gasteiger partial charge in [-0.1, -0.05) is 6.07 Å². The number of nitrogens with two attached hydrogens (primary N) is 1. The van der Waals surface area contributed by atoms with Crippen molar-refractivity contribution in [3.05, 3.63) is 35.1 Å². The fraction of sp³-hybridized carbons (Fsp3) is 0.400. The molecule has 15 heavy (non-hydrogen) atoms. The fourth-order valence-electron chi connectivity index (χ4n) is 1.31. The molecule has 1 aromatic rings. The SMILES string of the molecule is CC(C)(N)c1ccc(F)cc1C(F)(F)F. The van der Waals surface area contributed by atoms with E-state index in [1.807, 2.05) is 0 Å². The Kier molecular flexibility index (Phi) is 2.78. The van der Waals surface area contributed by atoms with Crippen molar-refractivity contribution in [3.8, 4) is 0 Å². The van der Waals surface area contributed by atoms with Crippen molar-refractivity contribution in [2.24, 2.45) is 5.73 Å². The summed E-state index contributed by atoms with van der Waals surface area (Å²) in [6.45, 7) is 2.88. The maximum atomic E-state index is 12.7. The molecule has 1 rings (SSSR count). The minimum atomic E-state index is -4.59. The lowest BCUT2D eigenvalue weighted by atomic mass is 9.90. The van der Waals surface area contributed by atoms with E-state index < -0.39 is 23.1 Å². The summed E-state index contributed by atoms with van der Waals surface area (Å²) in [5.74, 6) is -0.921. The Hall–Kier alpha value is -1.10. The van der Waals surface area contributed by atoms with Crippen molar-refractivity contribution in [2.75, 3.05) is 0 Å². The van der Waals surface area contributed by atoms with E-state index in [0.29, 0.717) is 6.07 Å². The predicted octanol–water partition coefficient (Wildman–Crippen LogP) is 3.04. The molecule has 1 nitrogen and oxygen atoms in total. The molecule has 5 heteroatoms. The molecule has 0 atom stereocenters. The van der Waals surface area contributed by atoms with Crippen LogP contribution in [0, 0.1) is 5.82 Å². The summed E-state index contributed by atoms with van der Waals surface area (Å²) in [4.78, 5) is 0. The highest BCUT2D eigenvalue weighted by atomic mass is 19.4. The van der Waals surface area contributed by atoms with Gasteiger partial charge in [0.05, 0.1) is 5.56 Å². The third-order valence-electron chi connectivity index (χ3n) is 1.98. The lowest BCUT2D eigenvalue weighted by molar-refractivity contribution is -0.138. The quantitative estimate of drug-likeness (QED) is 0.725. The van der Waals surface area contributed by atoms with Gasteiger partial charge in [-0.2, -0.15) is 13.2 Å². The summed E-state index contributed by atoms with van der Waals surface area (Å²) in [7, 11) is 0. The van der Waals surface area contributed by atoms with E-state index in [0.717, 1.165) is 12.1 Å². The molecule has 0 radical (unpaired) electrons. The van der Waals surface area contributed by atoms with Crippen molar-refractivity contribution in [1.82, 2.24) is 0 Å². The van der Waals surface area contributed by atoms with Crippen molar-refractivity contribution < 1.29 is 17.6 Å². The number of alkyl halides is 3. The van der Waals surface area contributed by atoms with Crippen LogP contribution in [0.5, 0.6) is 0 Å². The summed E-state index contributed by atoms with van der Waals surface area (Å²) in [5.41, 5.74) is 3.29. The van der Waals surface area contributed by atoms with Gasteiger partial charge < -0.3 is 5.73 Å². The standard InChI is InChI=1S/C10H11F4N/c1-9(2,15)7-4-3-6(11)5-8(7)10(12,13)14/h3-5H,15H2,1-2H3. The van der Waals surface area contributed by atoms with E-state index in [1.54, 1.807) is 0 Å². The minimum Gasteiger partial charge on any atom is -0.322 e. The van der Waals surface area contributed by atoms with Gasteiger partial charge in [-0.15, -0.1) is 0 Å². The lowest BCUT2D eigenvalue weighted by Gasteiger charge is -2.23. The van der Waals surface area contributed by atoms with Gasteiger partial charge in [0.2, 0.25) is 0 Å². The van der Waals surface area contributed by atoms with Gasteiger partial charge in [-0.3, -0.25) is 0 Å². The number of rotatable bonds is 1. The highest BCUT2D eigenvalue weighted by molar-refractivity contribution is 5.35. The van der Waals surface area contributed by atoms with Crippen molar-refractivity contribution in [1.29, 1.82) is 0 Å². The summed E-state index contributed by atoms with van der Waals surface area (Å²) >= 11 is 0. The molecule has 0 amide bonds. The van der Waals surface area contributed by atoms with E-state index >= 15 is 0 Å². The highest BCUT2D eigenvalue weighted by Crippen LogP contribution is 2.36. The first-order valence-electron chi connectivity index (χ1n) is 4.28. The molecular formula is C10H11F4N. The summed E-state index contributed by atoms with van der Waals surface area (Å²) < 4.78 is 50.3. The second kappa shape index (κ2) is 3.48. The molecule has 0 heterocycles. The minimum absolute atomic E-state index is 0.114. The van der Waals surface area contributed by atoms with Crippen LogP contribution in [0.4, 0.5) is 17.6 Å². The van der Waals surface area contributed by atoms with Crippen molar-refractivity contribution in [3.63, 3.8) is 0 Å². The summed E-state index contributed by atoms with van der Waals surface area (Å²) in [6, 6.07) is 2.50. The van der Waals surface area contributed by atoms with Crippen molar-refractivity contribution >= 4 is 0 Å². The topological polar surface area (TPSA) is 26.0 Å². The van der Waals surface area contributed by atoms with Gasteiger partial charge in [0, 0.05) is 5.54 Å². The number of halogens is 4. The Labute approximate surface area is 84.9 Å². The van der Waals surface area contributed by atoms with E-state index in [4.69, 9.17) is 5.73 Å². The van der Waals surface area contributed by atoms with E-state index in [1.165, 1.54) is 13.8 Å². The third kappa shape index (κ3) is 2.68. The molecule has 1 aromatic carbocycles. The first-order valence-corrected chi connectivity index (χ1v) is 4.28. The molecule has 0 aliphatic heterocycles. The van der Waals surface area contributed by atoms with Gasteiger partial charge in [0.1, 0.15) is 5.82 Å². The van der Waals surface area contributed by atoms with Crippen LogP contribution in [-0.4, -0.2) is 0 Å². The molecule has 0 aliphatic rings. The van der Waals surface area contributed by atoms with Gasteiger partial charge in [-0.05, 0) is 31.5 Å². The monoisotopic (exact) mass is 221 g/mol. The van der Waals surface area contributed by atoms with Crippen LogP contribution in [-0.2, 0) is 11.7 Å². The number of hydrogen-bond donors (Lipinski definition) is 1. The zero-order valence-electron chi connectivity index (χ0n) is 8.32. The molecule has 0 aromatic heterocycles. The molecule has 2 N–H and O–H groups in total. The summed E-state index contributed by atoms with van der Waals surface area (Å²) in [6.07, 6.45) is -4.59.